The van der Waals surface area contributed by atoms with Gasteiger partial charge in [0.15, 0.2) is 0 Å². The van der Waals surface area contributed by atoms with Crippen molar-refractivity contribution in [2.75, 3.05) is 13.7 Å². The highest BCUT2D eigenvalue weighted by Gasteiger charge is 2.20. The molecule has 0 aliphatic carbocycles. The number of methoxy groups -OCH3 is 1. The molecule has 1 fully saturated rings. The van der Waals surface area contributed by atoms with Gasteiger partial charge < -0.3 is 4.74 Å². The first-order valence-corrected chi connectivity index (χ1v) is 4.43. The quantitative estimate of drug-likeness (QED) is 0.749. The van der Waals surface area contributed by atoms with Crippen LogP contribution in [-0.4, -0.2) is 13.7 Å². The lowest BCUT2D eigenvalue weighted by atomic mass is 10.1. The van der Waals surface area contributed by atoms with Crippen LogP contribution in [0.5, 0.6) is 5.75 Å². The molecule has 1 aromatic rings. The summed E-state index contributed by atoms with van der Waals surface area (Å²) in [6, 6.07) is 7.96. The second kappa shape index (κ2) is 3.77. The van der Waals surface area contributed by atoms with Gasteiger partial charge in [0.05, 0.1) is 7.11 Å². The van der Waals surface area contributed by atoms with Crippen LogP contribution in [0, 0.1) is 0 Å². The van der Waals surface area contributed by atoms with E-state index in [1.807, 2.05) is 24.3 Å². The van der Waals surface area contributed by atoms with Crippen molar-refractivity contribution in [1.29, 1.82) is 0 Å². The fourth-order valence-electron chi connectivity index (χ4n) is 1.56. The van der Waals surface area contributed by atoms with Crippen LogP contribution >= 0.6 is 0 Å². The molecule has 3 nitrogen and oxygen atoms in total. The molecule has 0 bridgehead atoms. The Bertz CT molecular complexity index is 282. The summed E-state index contributed by atoms with van der Waals surface area (Å²) in [5, 5.41) is 0. The van der Waals surface area contributed by atoms with Gasteiger partial charge in [0.1, 0.15) is 11.9 Å². The second-order valence-electron chi connectivity index (χ2n) is 3.03. The molecule has 0 radical (unpaired) electrons. The van der Waals surface area contributed by atoms with Crippen LogP contribution in [0.1, 0.15) is 18.1 Å². The summed E-state index contributed by atoms with van der Waals surface area (Å²) >= 11 is 0. The van der Waals surface area contributed by atoms with E-state index in [9.17, 15) is 0 Å². The van der Waals surface area contributed by atoms with Crippen molar-refractivity contribution in [3.63, 3.8) is 0 Å². The first kappa shape index (κ1) is 8.53. The molecule has 1 aliphatic heterocycles. The molecule has 0 aromatic heterocycles. The van der Waals surface area contributed by atoms with Crippen LogP contribution in [0.25, 0.3) is 0 Å². The highest BCUT2D eigenvalue weighted by atomic mass is 16.7. The number of benzene rings is 1. The minimum Gasteiger partial charge on any atom is -0.496 e. The topological polar surface area (TPSA) is 30.5 Å². The Labute approximate surface area is 77.6 Å². The van der Waals surface area contributed by atoms with E-state index in [1.54, 1.807) is 7.11 Å². The van der Waals surface area contributed by atoms with Crippen LogP contribution in [0.3, 0.4) is 0 Å². The van der Waals surface area contributed by atoms with Crippen molar-refractivity contribution in [2.45, 2.75) is 12.5 Å². The molecule has 0 saturated carbocycles. The highest BCUT2D eigenvalue weighted by Crippen LogP contribution is 2.30. The minimum absolute atomic E-state index is 0.135. The molecule has 1 atom stereocenters. The summed E-state index contributed by atoms with van der Waals surface area (Å²) in [7, 11) is 1.68. The highest BCUT2D eigenvalue weighted by molar-refractivity contribution is 5.35. The summed E-state index contributed by atoms with van der Waals surface area (Å²) in [4.78, 5) is 5.35. The van der Waals surface area contributed by atoms with Gasteiger partial charge in [-0.3, -0.25) is 4.84 Å². The van der Waals surface area contributed by atoms with E-state index >= 15 is 0 Å². The number of hydroxylamine groups is 1. The second-order valence-corrected chi connectivity index (χ2v) is 3.03. The number of hydrogen-bond donors (Lipinski definition) is 1. The molecule has 0 spiro atoms. The molecule has 1 aromatic carbocycles. The van der Waals surface area contributed by atoms with Crippen LogP contribution < -0.4 is 10.2 Å². The zero-order valence-electron chi connectivity index (χ0n) is 7.62. The summed E-state index contributed by atoms with van der Waals surface area (Å²) in [6.07, 6.45) is 1.14. The van der Waals surface area contributed by atoms with Crippen molar-refractivity contribution in [3.05, 3.63) is 29.8 Å². The Morgan fingerprint density at radius 2 is 2.31 bits per heavy atom. The third-order valence-corrected chi connectivity index (χ3v) is 2.22. The summed E-state index contributed by atoms with van der Waals surface area (Å²) < 4.78 is 5.25. The molecule has 70 valence electrons. The molecule has 1 N–H and O–H groups in total. The molecule has 0 amide bonds. The van der Waals surface area contributed by atoms with Crippen LogP contribution in [-0.2, 0) is 4.84 Å². The first-order chi connectivity index (χ1) is 6.42. The van der Waals surface area contributed by atoms with Crippen molar-refractivity contribution in [3.8, 4) is 5.75 Å². The zero-order valence-corrected chi connectivity index (χ0v) is 7.62. The fourth-order valence-corrected chi connectivity index (χ4v) is 1.56. The Morgan fingerprint density at radius 1 is 1.46 bits per heavy atom. The van der Waals surface area contributed by atoms with E-state index in [-0.39, 0.29) is 6.10 Å². The van der Waals surface area contributed by atoms with Gasteiger partial charge in [-0.25, -0.2) is 5.48 Å². The normalized spacial score (nSPS) is 21.8. The molecule has 1 aliphatic rings. The molecule has 1 saturated heterocycles. The molecular weight excluding hydrogens is 166 g/mol. The number of hydrogen-bond acceptors (Lipinski definition) is 3. The van der Waals surface area contributed by atoms with E-state index in [4.69, 9.17) is 9.57 Å². The van der Waals surface area contributed by atoms with Gasteiger partial charge >= 0.3 is 0 Å². The Hall–Kier alpha value is -1.06. The Balaban J connectivity index is 2.26. The van der Waals surface area contributed by atoms with Crippen LogP contribution in [0.2, 0.25) is 0 Å². The number of ether oxygens (including phenoxy) is 1. The van der Waals surface area contributed by atoms with E-state index in [0.29, 0.717) is 0 Å². The largest absolute Gasteiger partial charge is 0.496 e. The number of rotatable bonds is 2. The van der Waals surface area contributed by atoms with Gasteiger partial charge in [0, 0.05) is 12.1 Å². The molecule has 1 unspecified atom stereocenters. The van der Waals surface area contributed by atoms with Gasteiger partial charge in [-0.1, -0.05) is 18.2 Å². The summed E-state index contributed by atoms with van der Waals surface area (Å²) in [6.45, 7) is 0.905. The van der Waals surface area contributed by atoms with E-state index in [1.165, 1.54) is 0 Å². The lowest BCUT2D eigenvalue weighted by Gasteiger charge is -2.12. The lowest BCUT2D eigenvalue weighted by molar-refractivity contribution is 0.0323. The fraction of sp³-hybridized carbons (Fsp3) is 0.400. The lowest BCUT2D eigenvalue weighted by Crippen LogP contribution is -2.05. The smallest absolute Gasteiger partial charge is 0.124 e. The third kappa shape index (κ3) is 1.66. The average molecular weight is 179 g/mol. The maximum Gasteiger partial charge on any atom is 0.124 e. The standard InChI is InChI=1S/C10H13NO2/c1-12-9-5-3-2-4-8(9)10-6-7-11-13-10/h2-5,10-11H,6-7H2,1H3. The maximum absolute atomic E-state index is 5.35. The Morgan fingerprint density at radius 3 is 3.00 bits per heavy atom. The molecule has 1 heterocycles. The first-order valence-electron chi connectivity index (χ1n) is 4.43. The van der Waals surface area contributed by atoms with Crippen LogP contribution in [0.15, 0.2) is 24.3 Å². The zero-order chi connectivity index (χ0) is 9.10. The Kier molecular flexibility index (Phi) is 2.47. The number of nitrogens with one attached hydrogen (secondary N) is 1. The predicted octanol–water partition coefficient (Wildman–Crippen LogP) is 1.66. The monoisotopic (exact) mass is 179 g/mol. The molecule has 3 heteroatoms. The van der Waals surface area contributed by atoms with Crippen molar-refractivity contribution < 1.29 is 9.57 Å². The molecular formula is C10H13NO2. The van der Waals surface area contributed by atoms with E-state index in [0.717, 1.165) is 24.3 Å². The van der Waals surface area contributed by atoms with E-state index < -0.39 is 0 Å². The van der Waals surface area contributed by atoms with Gasteiger partial charge in [0.25, 0.3) is 0 Å². The number of para-hydroxylation sites is 1. The van der Waals surface area contributed by atoms with Gasteiger partial charge in [-0.15, -0.1) is 0 Å². The van der Waals surface area contributed by atoms with Crippen LogP contribution in [0.4, 0.5) is 0 Å². The molecule has 2 rings (SSSR count). The van der Waals surface area contributed by atoms with Crippen molar-refractivity contribution in [2.24, 2.45) is 0 Å². The van der Waals surface area contributed by atoms with Gasteiger partial charge in [-0.2, -0.15) is 0 Å². The SMILES string of the molecule is COc1ccccc1C1CCNO1. The minimum atomic E-state index is 0.135. The van der Waals surface area contributed by atoms with Gasteiger partial charge in [0.2, 0.25) is 0 Å². The van der Waals surface area contributed by atoms with E-state index in [2.05, 4.69) is 5.48 Å². The average Bonchev–Trinajstić information content (AvgIpc) is 2.70. The van der Waals surface area contributed by atoms with Crippen molar-refractivity contribution in [1.82, 2.24) is 5.48 Å². The summed E-state index contributed by atoms with van der Waals surface area (Å²) in [5.41, 5.74) is 3.99. The summed E-state index contributed by atoms with van der Waals surface area (Å²) in [5.74, 6) is 0.899. The molecule has 13 heavy (non-hydrogen) atoms. The van der Waals surface area contributed by atoms with Gasteiger partial charge in [-0.05, 0) is 12.5 Å². The third-order valence-electron chi connectivity index (χ3n) is 2.22. The van der Waals surface area contributed by atoms with Crippen molar-refractivity contribution >= 4 is 0 Å². The maximum atomic E-state index is 5.35. The predicted molar refractivity (Wildman–Crippen MR) is 49.4 cm³/mol.